The molecule has 1 aromatic carbocycles. The minimum absolute atomic E-state index is 0.0602. The van der Waals surface area contributed by atoms with Crippen molar-refractivity contribution in [2.45, 2.75) is 25.3 Å². The molecule has 0 aliphatic carbocycles. The third-order valence-electron chi connectivity index (χ3n) is 4.31. The number of rotatable bonds is 6. The van der Waals surface area contributed by atoms with E-state index in [-0.39, 0.29) is 18.4 Å². The van der Waals surface area contributed by atoms with Crippen LogP contribution in [0.15, 0.2) is 41.0 Å². The van der Waals surface area contributed by atoms with E-state index in [2.05, 4.69) is 10.2 Å². The highest BCUT2D eigenvalue weighted by Crippen LogP contribution is 2.25. The number of carbonyl (C=O) groups excluding carboxylic acids is 1. The first-order chi connectivity index (χ1) is 11.6. The third kappa shape index (κ3) is 4.32. The first kappa shape index (κ1) is 17.3. The van der Waals surface area contributed by atoms with Crippen LogP contribution in [0.25, 0.3) is 0 Å². The van der Waals surface area contributed by atoms with Crippen LogP contribution in [0.1, 0.15) is 30.2 Å². The maximum Gasteiger partial charge on any atom is 0.224 e. The Kier molecular flexibility index (Phi) is 5.82. The van der Waals surface area contributed by atoms with Gasteiger partial charge in [0, 0.05) is 16.6 Å². The van der Waals surface area contributed by atoms with Crippen LogP contribution < -0.4 is 5.32 Å². The Morgan fingerprint density at radius 1 is 1.25 bits per heavy atom. The molecule has 0 bridgehead atoms. The Bertz CT molecular complexity index is 682. The van der Waals surface area contributed by atoms with E-state index in [0.29, 0.717) is 16.6 Å². The van der Waals surface area contributed by atoms with Gasteiger partial charge < -0.3 is 9.73 Å². The molecule has 1 N–H and O–H groups in total. The molecule has 24 heavy (non-hydrogen) atoms. The van der Waals surface area contributed by atoms with Crippen molar-refractivity contribution >= 4 is 29.1 Å². The molecule has 0 radical (unpaired) electrons. The van der Waals surface area contributed by atoms with Gasteiger partial charge in [0.2, 0.25) is 5.91 Å². The van der Waals surface area contributed by atoms with Crippen LogP contribution in [-0.2, 0) is 11.2 Å². The molecule has 0 spiro atoms. The Morgan fingerprint density at radius 3 is 2.71 bits per heavy atom. The number of nitrogens with zero attached hydrogens (tertiary/aromatic N) is 1. The van der Waals surface area contributed by atoms with E-state index in [1.165, 1.54) is 12.8 Å². The first-order valence-electron chi connectivity index (χ1n) is 8.11. The molecule has 6 heteroatoms. The van der Waals surface area contributed by atoms with Gasteiger partial charge >= 0.3 is 0 Å². The number of likely N-dealkylation sites (tertiary alicyclic amines) is 1. The lowest BCUT2D eigenvalue weighted by atomic mass is 10.1. The monoisotopic (exact) mass is 366 g/mol. The minimum Gasteiger partial charge on any atom is -0.468 e. The van der Waals surface area contributed by atoms with Crippen molar-refractivity contribution in [1.82, 2.24) is 10.2 Å². The number of benzene rings is 1. The van der Waals surface area contributed by atoms with Crippen LogP contribution in [0.4, 0.5) is 0 Å². The van der Waals surface area contributed by atoms with E-state index < -0.39 is 0 Å². The maximum absolute atomic E-state index is 12.3. The van der Waals surface area contributed by atoms with Crippen molar-refractivity contribution in [3.63, 3.8) is 0 Å². The van der Waals surface area contributed by atoms with E-state index in [4.69, 9.17) is 27.6 Å². The summed E-state index contributed by atoms with van der Waals surface area (Å²) in [4.78, 5) is 14.6. The first-order valence-corrected chi connectivity index (χ1v) is 8.87. The molecule has 128 valence electrons. The number of halogens is 2. The topological polar surface area (TPSA) is 45.5 Å². The second kappa shape index (κ2) is 8.06. The van der Waals surface area contributed by atoms with E-state index in [1.54, 1.807) is 24.5 Å². The second-order valence-electron chi connectivity index (χ2n) is 5.99. The molecule has 1 aliphatic heterocycles. The molecule has 2 aromatic rings. The zero-order chi connectivity index (χ0) is 16.9. The molecule has 0 saturated carbocycles. The fraction of sp³-hybridized carbons (Fsp3) is 0.389. The molecule has 3 rings (SSSR count). The van der Waals surface area contributed by atoms with Crippen LogP contribution in [-0.4, -0.2) is 30.4 Å². The van der Waals surface area contributed by atoms with E-state index in [9.17, 15) is 4.79 Å². The van der Waals surface area contributed by atoms with Crippen molar-refractivity contribution in [2.24, 2.45) is 0 Å². The molecule has 2 heterocycles. The Hall–Kier alpha value is -1.49. The maximum atomic E-state index is 12.3. The lowest BCUT2D eigenvalue weighted by Crippen LogP contribution is -2.37. The van der Waals surface area contributed by atoms with Gasteiger partial charge in [-0.1, -0.05) is 29.3 Å². The van der Waals surface area contributed by atoms with Crippen LogP contribution >= 0.6 is 23.2 Å². The minimum atomic E-state index is -0.0602. The molecule has 1 aromatic heterocycles. The van der Waals surface area contributed by atoms with Crippen molar-refractivity contribution in [3.8, 4) is 0 Å². The predicted octanol–water partition coefficient (Wildman–Crippen LogP) is 4.08. The molecule has 1 amide bonds. The average Bonchev–Trinajstić information content (AvgIpc) is 3.24. The Labute approximate surface area is 151 Å². The van der Waals surface area contributed by atoms with Crippen LogP contribution in [0.5, 0.6) is 0 Å². The molecule has 1 fully saturated rings. The zero-order valence-electron chi connectivity index (χ0n) is 13.3. The molecule has 0 unspecified atom stereocenters. The summed E-state index contributed by atoms with van der Waals surface area (Å²) >= 11 is 12.0. The lowest BCUT2D eigenvalue weighted by Gasteiger charge is -2.26. The summed E-state index contributed by atoms with van der Waals surface area (Å²) < 4.78 is 5.56. The van der Waals surface area contributed by atoms with Gasteiger partial charge in [0.25, 0.3) is 0 Å². The average molecular weight is 367 g/mol. The van der Waals surface area contributed by atoms with Gasteiger partial charge in [0.15, 0.2) is 0 Å². The van der Waals surface area contributed by atoms with Crippen LogP contribution in [0.2, 0.25) is 10.0 Å². The fourth-order valence-electron chi connectivity index (χ4n) is 3.05. The molecule has 1 atom stereocenters. The quantitative estimate of drug-likeness (QED) is 0.837. The summed E-state index contributed by atoms with van der Waals surface area (Å²) in [6.45, 7) is 2.59. The second-order valence-corrected chi connectivity index (χ2v) is 6.83. The van der Waals surface area contributed by atoms with Gasteiger partial charge in [0.05, 0.1) is 18.7 Å². The molecule has 1 saturated heterocycles. The van der Waals surface area contributed by atoms with Gasteiger partial charge in [-0.2, -0.15) is 0 Å². The largest absolute Gasteiger partial charge is 0.468 e. The normalized spacial score (nSPS) is 16.2. The zero-order valence-corrected chi connectivity index (χ0v) is 14.8. The van der Waals surface area contributed by atoms with Gasteiger partial charge in [-0.05, 0) is 55.8 Å². The van der Waals surface area contributed by atoms with Gasteiger partial charge in [0.1, 0.15) is 5.76 Å². The summed E-state index contributed by atoms with van der Waals surface area (Å²) in [5, 5.41) is 4.09. The Morgan fingerprint density at radius 2 is 2.04 bits per heavy atom. The number of nitrogens with one attached hydrogen (secondary N) is 1. The highest BCUT2D eigenvalue weighted by molar-refractivity contribution is 6.35. The van der Waals surface area contributed by atoms with Crippen molar-refractivity contribution in [3.05, 3.63) is 58.0 Å². The number of furan rings is 1. The highest BCUT2D eigenvalue weighted by Gasteiger charge is 2.25. The van der Waals surface area contributed by atoms with Crippen LogP contribution in [0, 0.1) is 0 Å². The number of hydrogen-bond acceptors (Lipinski definition) is 3. The molecular formula is C18H20Cl2N2O2. The van der Waals surface area contributed by atoms with Gasteiger partial charge in [-0.25, -0.2) is 0 Å². The fourth-order valence-corrected chi connectivity index (χ4v) is 3.53. The predicted molar refractivity (Wildman–Crippen MR) is 95.4 cm³/mol. The smallest absolute Gasteiger partial charge is 0.224 e. The number of hydrogen-bond donors (Lipinski definition) is 1. The Balaban J connectivity index is 1.60. The standard InChI is InChI=1S/C18H20Cl2N2O2/c19-14-6-5-13(15(20)11-14)10-18(23)21-12-16(17-4-3-9-24-17)22-7-1-2-8-22/h3-6,9,11,16H,1-2,7-8,10,12H2,(H,21,23)/t16-/m0/s1. The van der Waals surface area contributed by atoms with Gasteiger partial charge in [-0.3, -0.25) is 9.69 Å². The van der Waals surface area contributed by atoms with Crippen LogP contribution in [0.3, 0.4) is 0 Å². The van der Waals surface area contributed by atoms with Crippen molar-refractivity contribution in [1.29, 1.82) is 0 Å². The summed E-state index contributed by atoms with van der Waals surface area (Å²) in [6.07, 6.45) is 4.28. The summed E-state index contributed by atoms with van der Waals surface area (Å²) in [5.41, 5.74) is 0.772. The van der Waals surface area contributed by atoms with Gasteiger partial charge in [-0.15, -0.1) is 0 Å². The van der Waals surface area contributed by atoms with E-state index in [1.807, 2.05) is 12.1 Å². The summed E-state index contributed by atoms with van der Waals surface area (Å²) in [7, 11) is 0. The van der Waals surface area contributed by atoms with Crippen molar-refractivity contribution < 1.29 is 9.21 Å². The summed E-state index contributed by atoms with van der Waals surface area (Å²) in [5.74, 6) is 0.830. The van der Waals surface area contributed by atoms with E-state index in [0.717, 1.165) is 24.4 Å². The van der Waals surface area contributed by atoms with Crippen molar-refractivity contribution in [2.75, 3.05) is 19.6 Å². The molecule has 4 nitrogen and oxygen atoms in total. The molecule has 1 aliphatic rings. The highest BCUT2D eigenvalue weighted by atomic mass is 35.5. The summed E-state index contributed by atoms with van der Waals surface area (Å²) in [6, 6.07) is 9.11. The number of amides is 1. The lowest BCUT2D eigenvalue weighted by molar-refractivity contribution is -0.120. The SMILES string of the molecule is O=C(Cc1ccc(Cl)cc1Cl)NC[C@@H](c1ccco1)N1CCCC1. The molecular weight excluding hydrogens is 347 g/mol. The van der Waals surface area contributed by atoms with E-state index >= 15 is 0 Å². The number of carbonyl (C=O) groups is 1. The third-order valence-corrected chi connectivity index (χ3v) is 4.90.